The van der Waals surface area contributed by atoms with E-state index in [1.54, 1.807) is 6.20 Å². The molecule has 0 radical (unpaired) electrons. The molecular formula is C17H24N4. The number of imidazole rings is 1. The van der Waals surface area contributed by atoms with Crippen LogP contribution in [0.3, 0.4) is 0 Å². The highest BCUT2D eigenvalue weighted by atomic mass is 15.1. The Labute approximate surface area is 126 Å². The van der Waals surface area contributed by atoms with Gasteiger partial charge in [0.25, 0.3) is 0 Å². The molecule has 2 N–H and O–H groups in total. The second-order valence-corrected chi connectivity index (χ2v) is 5.96. The van der Waals surface area contributed by atoms with Crippen LogP contribution in [0.1, 0.15) is 24.8 Å². The molecule has 0 saturated carbocycles. The van der Waals surface area contributed by atoms with E-state index in [0.29, 0.717) is 0 Å². The van der Waals surface area contributed by atoms with Crippen molar-refractivity contribution >= 4 is 0 Å². The number of hydrogen-bond donors (Lipinski definition) is 1. The van der Waals surface area contributed by atoms with E-state index >= 15 is 0 Å². The lowest BCUT2D eigenvalue weighted by molar-refractivity contribution is 0.163. The largest absolute Gasteiger partial charge is 0.330 e. The Kier molecular flexibility index (Phi) is 4.68. The highest BCUT2D eigenvalue weighted by molar-refractivity contribution is 5.34. The number of aromatic nitrogens is 2. The Morgan fingerprint density at radius 3 is 2.81 bits per heavy atom. The zero-order valence-electron chi connectivity index (χ0n) is 12.5. The molecule has 0 spiro atoms. The van der Waals surface area contributed by atoms with E-state index in [0.717, 1.165) is 31.1 Å². The van der Waals surface area contributed by atoms with Gasteiger partial charge in [0.1, 0.15) is 0 Å². The van der Waals surface area contributed by atoms with E-state index in [2.05, 4.69) is 34.1 Å². The predicted molar refractivity (Wildman–Crippen MR) is 85.2 cm³/mol. The minimum absolute atomic E-state index is 0.786. The van der Waals surface area contributed by atoms with E-state index in [1.165, 1.54) is 31.5 Å². The van der Waals surface area contributed by atoms with Gasteiger partial charge in [0.05, 0.1) is 6.33 Å². The van der Waals surface area contributed by atoms with Crippen LogP contribution in [-0.2, 0) is 6.54 Å². The molecule has 4 nitrogen and oxygen atoms in total. The summed E-state index contributed by atoms with van der Waals surface area (Å²) in [7, 11) is 0. The highest BCUT2D eigenvalue weighted by Gasteiger charge is 2.19. The van der Waals surface area contributed by atoms with Crippen molar-refractivity contribution in [3.8, 4) is 5.69 Å². The maximum atomic E-state index is 5.69. The summed E-state index contributed by atoms with van der Waals surface area (Å²) in [5, 5.41) is 0. The van der Waals surface area contributed by atoms with Crippen molar-refractivity contribution < 1.29 is 0 Å². The van der Waals surface area contributed by atoms with Crippen molar-refractivity contribution in [2.45, 2.75) is 25.8 Å². The normalized spacial score (nSPS) is 19.8. The molecule has 0 aliphatic carbocycles. The first kappa shape index (κ1) is 14.3. The zero-order valence-corrected chi connectivity index (χ0v) is 12.5. The summed E-state index contributed by atoms with van der Waals surface area (Å²) in [6, 6.07) is 8.78. The SMILES string of the molecule is NCCC1CCCN(Cc2ccc(-n3ccnc3)cc2)C1. The molecule has 1 aromatic heterocycles. The third kappa shape index (κ3) is 3.71. The summed E-state index contributed by atoms with van der Waals surface area (Å²) >= 11 is 0. The molecular weight excluding hydrogens is 260 g/mol. The van der Waals surface area contributed by atoms with Crippen molar-refractivity contribution in [2.75, 3.05) is 19.6 Å². The fourth-order valence-electron chi connectivity index (χ4n) is 3.21. The van der Waals surface area contributed by atoms with Crippen molar-refractivity contribution in [3.05, 3.63) is 48.5 Å². The summed E-state index contributed by atoms with van der Waals surface area (Å²) in [5.41, 5.74) is 8.24. The van der Waals surface area contributed by atoms with Crippen LogP contribution in [0.4, 0.5) is 0 Å². The molecule has 21 heavy (non-hydrogen) atoms. The molecule has 3 rings (SSSR count). The van der Waals surface area contributed by atoms with Gasteiger partial charge in [0, 0.05) is 31.2 Å². The number of nitrogens with two attached hydrogens (primary N) is 1. The van der Waals surface area contributed by atoms with E-state index in [-0.39, 0.29) is 0 Å². The van der Waals surface area contributed by atoms with Crippen LogP contribution in [0, 0.1) is 5.92 Å². The molecule has 112 valence electrons. The number of benzene rings is 1. The third-order valence-electron chi connectivity index (χ3n) is 4.32. The maximum Gasteiger partial charge on any atom is 0.0991 e. The monoisotopic (exact) mass is 284 g/mol. The van der Waals surface area contributed by atoms with Gasteiger partial charge in [0.2, 0.25) is 0 Å². The first-order chi connectivity index (χ1) is 10.3. The molecule has 1 unspecified atom stereocenters. The Morgan fingerprint density at radius 2 is 2.10 bits per heavy atom. The standard InChI is InChI=1S/C17H24N4/c18-8-7-15-2-1-10-20(12-15)13-16-3-5-17(6-4-16)21-11-9-19-14-21/h3-6,9,11,14-15H,1-2,7-8,10,12-13,18H2. The Balaban J connectivity index is 1.60. The van der Waals surface area contributed by atoms with Gasteiger partial charge in [0.15, 0.2) is 0 Å². The molecule has 0 bridgehead atoms. The number of likely N-dealkylation sites (tertiary alicyclic amines) is 1. The van der Waals surface area contributed by atoms with Crippen molar-refractivity contribution in [3.63, 3.8) is 0 Å². The molecule has 1 aliphatic heterocycles. The van der Waals surface area contributed by atoms with Gasteiger partial charge < -0.3 is 10.3 Å². The molecule has 1 saturated heterocycles. The summed E-state index contributed by atoms with van der Waals surface area (Å²) < 4.78 is 2.03. The lowest BCUT2D eigenvalue weighted by Gasteiger charge is -2.32. The van der Waals surface area contributed by atoms with Gasteiger partial charge in [-0.1, -0.05) is 12.1 Å². The van der Waals surface area contributed by atoms with E-state index < -0.39 is 0 Å². The van der Waals surface area contributed by atoms with Gasteiger partial charge in [-0.2, -0.15) is 0 Å². The second-order valence-electron chi connectivity index (χ2n) is 5.96. The topological polar surface area (TPSA) is 47.1 Å². The van der Waals surface area contributed by atoms with E-state index in [4.69, 9.17) is 5.73 Å². The number of piperidine rings is 1. The number of rotatable bonds is 5. The summed E-state index contributed by atoms with van der Waals surface area (Å²) in [6.07, 6.45) is 9.41. The van der Waals surface area contributed by atoms with Crippen molar-refractivity contribution in [2.24, 2.45) is 11.7 Å². The number of nitrogens with zero attached hydrogens (tertiary/aromatic N) is 3. The smallest absolute Gasteiger partial charge is 0.0991 e. The van der Waals surface area contributed by atoms with Crippen LogP contribution in [0.2, 0.25) is 0 Å². The van der Waals surface area contributed by atoms with Crippen molar-refractivity contribution in [1.82, 2.24) is 14.5 Å². The van der Waals surface area contributed by atoms with Crippen LogP contribution in [-0.4, -0.2) is 34.1 Å². The average molecular weight is 284 g/mol. The fraction of sp³-hybridized carbons (Fsp3) is 0.471. The van der Waals surface area contributed by atoms with Gasteiger partial charge in [-0.05, 0) is 56.0 Å². The molecule has 2 aromatic rings. The Bertz CT molecular complexity index is 530. The average Bonchev–Trinajstić information content (AvgIpc) is 3.03. The first-order valence-electron chi connectivity index (χ1n) is 7.85. The van der Waals surface area contributed by atoms with Crippen LogP contribution < -0.4 is 5.73 Å². The fourth-order valence-corrected chi connectivity index (χ4v) is 3.21. The summed E-state index contributed by atoms with van der Waals surface area (Å²) in [4.78, 5) is 6.65. The molecule has 1 fully saturated rings. The first-order valence-corrected chi connectivity index (χ1v) is 7.85. The van der Waals surface area contributed by atoms with Gasteiger partial charge in [-0.15, -0.1) is 0 Å². The van der Waals surface area contributed by atoms with Crippen LogP contribution >= 0.6 is 0 Å². The number of hydrogen-bond acceptors (Lipinski definition) is 3. The molecule has 4 heteroatoms. The summed E-state index contributed by atoms with van der Waals surface area (Å²) in [6.45, 7) is 4.27. The van der Waals surface area contributed by atoms with Gasteiger partial charge >= 0.3 is 0 Å². The lowest BCUT2D eigenvalue weighted by Crippen LogP contribution is -2.35. The quantitative estimate of drug-likeness (QED) is 0.917. The van der Waals surface area contributed by atoms with Gasteiger partial charge in [-0.3, -0.25) is 4.90 Å². The highest BCUT2D eigenvalue weighted by Crippen LogP contribution is 2.21. The van der Waals surface area contributed by atoms with Crippen LogP contribution in [0.5, 0.6) is 0 Å². The summed E-state index contributed by atoms with van der Waals surface area (Å²) in [5.74, 6) is 0.786. The van der Waals surface area contributed by atoms with Gasteiger partial charge in [-0.25, -0.2) is 4.98 Å². The minimum atomic E-state index is 0.786. The molecule has 1 aliphatic rings. The van der Waals surface area contributed by atoms with E-state index in [9.17, 15) is 0 Å². The molecule has 1 atom stereocenters. The van der Waals surface area contributed by atoms with Crippen LogP contribution in [0.25, 0.3) is 5.69 Å². The van der Waals surface area contributed by atoms with Crippen LogP contribution in [0.15, 0.2) is 43.0 Å². The Hall–Kier alpha value is -1.65. The minimum Gasteiger partial charge on any atom is -0.330 e. The Morgan fingerprint density at radius 1 is 1.24 bits per heavy atom. The molecule has 1 aromatic carbocycles. The maximum absolute atomic E-state index is 5.69. The van der Waals surface area contributed by atoms with E-state index in [1.807, 2.05) is 17.1 Å². The van der Waals surface area contributed by atoms with Crippen molar-refractivity contribution in [1.29, 1.82) is 0 Å². The third-order valence-corrected chi connectivity index (χ3v) is 4.32. The second kappa shape index (κ2) is 6.87. The molecule has 2 heterocycles. The predicted octanol–water partition coefficient (Wildman–Crippen LogP) is 2.43. The molecule has 0 amide bonds. The zero-order chi connectivity index (χ0) is 14.5. The lowest BCUT2D eigenvalue weighted by atomic mass is 9.94.